The molecule has 0 spiro atoms. The van der Waals surface area contributed by atoms with Gasteiger partial charge in [0, 0.05) is 0 Å². The average Bonchev–Trinajstić information content (AvgIpc) is 2.08. The highest BCUT2D eigenvalue weighted by atomic mass is 35.5. The summed E-state index contributed by atoms with van der Waals surface area (Å²) < 4.78 is 26.2. The van der Waals surface area contributed by atoms with Crippen molar-refractivity contribution in [3.63, 3.8) is 0 Å². The first-order valence-electron chi connectivity index (χ1n) is 3.19. The van der Waals surface area contributed by atoms with Crippen molar-refractivity contribution in [3.8, 4) is 0 Å². The molecule has 0 heterocycles. The molecular weight excluding hydrogens is 201 g/mol. The Morgan fingerprint density at radius 1 is 1.58 bits per heavy atom. The highest BCUT2D eigenvalue weighted by molar-refractivity contribution is 7.83. The molecular formula is C7H7ClFNOS. The fourth-order valence-electron chi connectivity index (χ4n) is 0.729. The van der Waals surface area contributed by atoms with Crippen molar-refractivity contribution in [2.24, 2.45) is 0 Å². The van der Waals surface area contributed by atoms with Crippen LogP contribution in [-0.4, -0.2) is 11.3 Å². The molecule has 0 aliphatic heterocycles. The maximum Gasteiger partial charge on any atom is 0.126 e. The van der Waals surface area contributed by atoms with Gasteiger partial charge in [-0.2, -0.15) is 0 Å². The molecule has 1 unspecified atom stereocenters. The number of hydrogen-bond donors (Lipinski definition) is 1. The summed E-state index contributed by atoms with van der Waals surface area (Å²) in [6, 6.07) is 3.75. The Balaban J connectivity index is 3.13. The minimum atomic E-state index is -1.43. The lowest BCUT2D eigenvalue weighted by Gasteiger charge is -2.01. The van der Waals surface area contributed by atoms with E-state index in [1.54, 1.807) is 0 Å². The summed E-state index contributed by atoms with van der Waals surface area (Å²) in [5.74, 6) is -0.446. The molecule has 2 nitrogen and oxygen atoms in total. The average molecular weight is 208 g/mol. The number of nitrogens with one attached hydrogen (secondary N) is 1. The Bertz CT molecular complexity index is 318. The van der Waals surface area contributed by atoms with Crippen LogP contribution in [0.4, 0.5) is 4.39 Å². The molecule has 0 aliphatic carbocycles. The number of benzene rings is 1. The summed E-state index contributed by atoms with van der Waals surface area (Å²) in [4.78, 5) is 0.263. The zero-order chi connectivity index (χ0) is 9.14. The topological polar surface area (TPSA) is 29.1 Å². The van der Waals surface area contributed by atoms with E-state index < -0.39 is 16.8 Å². The number of halogens is 2. The van der Waals surface area contributed by atoms with E-state index in [1.807, 2.05) is 0 Å². The summed E-state index contributed by atoms with van der Waals surface area (Å²) in [5, 5.41) is 0.295. The van der Waals surface area contributed by atoms with Gasteiger partial charge in [0.1, 0.15) is 16.8 Å². The molecule has 0 bridgehead atoms. The van der Waals surface area contributed by atoms with Crippen LogP contribution in [0.1, 0.15) is 0 Å². The lowest BCUT2D eigenvalue weighted by Crippen LogP contribution is -2.11. The molecule has 0 radical (unpaired) electrons. The molecule has 1 aromatic rings. The quantitative estimate of drug-likeness (QED) is 0.786. The SMILES string of the molecule is CNS(=O)c1cc(F)ccc1Cl. The third-order valence-electron chi connectivity index (χ3n) is 1.28. The van der Waals surface area contributed by atoms with Gasteiger partial charge in [0.25, 0.3) is 0 Å². The predicted octanol–water partition coefficient (Wildman–Crippen LogP) is 1.72. The van der Waals surface area contributed by atoms with Crippen molar-refractivity contribution in [1.82, 2.24) is 4.72 Å². The highest BCUT2D eigenvalue weighted by Crippen LogP contribution is 2.19. The standard InChI is InChI=1S/C7H7ClFNOS/c1-10-12(11)7-4-5(9)2-3-6(7)8/h2-4,10H,1H3. The summed E-state index contributed by atoms with van der Waals surface area (Å²) >= 11 is 5.67. The fraction of sp³-hybridized carbons (Fsp3) is 0.143. The molecule has 12 heavy (non-hydrogen) atoms. The van der Waals surface area contributed by atoms with Gasteiger partial charge < -0.3 is 0 Å². The number of rotatable bonds is 2. The first-order valence-corrected chi connectivity index (χ1v) is 4.72. The second kappa shape index (κ2) is 3.98. The molecule has 1 aromatic carbocycles. The van der Waals surface area contributed by atoms with E-state index in [0.29, 0.717) is 5.02 Å². The van der Waals surface area contributed by atoms with Crippen LogP contribution in [0, 0.1) is 5.82 Å². The van der Waals surface area contributed by atoms with Crippen LogP contribution in [0.3, 0.4) is 0 Å². The molecule has 66 valence electrons. The lowest BCUT2D eigenvalue weighted by atomic mass is 10.3. The molecule has 5 heteroatoms. The maximum absolute atomic E-state index is 12.6. The van der Waals surface area contributed by atoms with Gasteiger partial charge in [-0.05, 0) is 25.2 Å². The third-order valence-corrected chi connectivity index (χ3v) is 2.83. The smallest absolute Gasteiger partial charge is 0.126 e. The van der Waals surface area contributed by atoms with Gasteiger partial charge >= 0.3 is 0 Å². The predicted molar refractivity (Wildman–Crippen MR) is 46.9 cm³/mol. The molecule has 0 aliphatic rings. The Kier molecular flexibility index (Phi) is 3.20. The number of hydrogen-bond acceptors (Lipinski definition) is 1. The molecule has 0 amide bonds. The Morgan fingerprint density at radius 2 is 2.25 bits per heavy atom. The van der Waals surface area contributed by atoms with Crippen molar-refractivity contribution in [1.29, 1.82) is 0 Å². The summed E-state index contributed by atoms with van der Waals surface area (Å²) in [5.41, 5.74) is 0. The largest absolute Gasteiger partial charge is 0.237 e. The van der Waals surface area contributed by atoms with Crippen LogP contribution >= 0.6 is 11.6 Å². The van der Waals surface area contributed by atoms with Gasteiger partial charge in [-0.3, -0.25) is 0 Å². The van der Waals surface area contributed by atoms with Crippen LogP contribution in [0.25, 0.3) is 0 Å². The fourth-order valence-corrected chi connectivity index (χ4v) is 1.74. The van der Waals surface area contributed by atoms with Crippen molar-refractivity contribution in [3.05, 3.63) is 29.0 Å². The van der Waals surface area contributed by atoms with Gasteiger partial charge in [0.2, 0.25) is 0 Å². The summed E-state index contributed by atoms with van der Waals surface area (Å²) in [6.07, 6.45) is 0. The van der Waals surface area contributed by atoms with Gasteiger partial charge in [0.05, 0.1) is 9.92 Å². The first kappa shape index (κ1) is 9.64. The van der Waals surface area contributed by atoms with E-state index in [0.717, 1.165) is 6.07 Å². The Hall–Kier alpha value is -0.450. The van der Waals surface area contributed by atoms with Gasteiger partial charge in [-0.1, -0.05) is 11.6 Å². The van der Waals surface area contributed by atoms with E-state index in [2.05, 4.69) is 4.72 Å². The van der Waals surface area contributed by atoms with E-state index >= 15 is 0 Å². The van der Waals surface area contributed by atoms with Crippen LogP contribution in [-0.2, 0) is 11.0 Å². The van der Waals surface area contributed by atoms with E-state index in [9.17, 15) is 8.60 Å². The maximum atomic E-state index is 12.6. The van der Waals surface area contributed by atoms with Crippen molar-refractivity contribution in [2.75, 3.05) is 7.05 Å². The molecule has 0 saturated carbocycles. The second-order valence-corrected chi connectivity index (χ2v) is 3.84. The van der Waals surface area contributed by atoms with Crippen molar-refractivity contribution < 1.29 is 8.60 Å². The molecule has 1 N–H and O–H groups in total. The van der Waals surface area contributed by atoms with E-state index in [1.165, 1.54) is 19.2 Å². The van der Waals surface area contributed by atoms with Crippen LogP contribution in [0.2, 0.25) is 5.02 Å². The third kappa shape index (κ3) is 2.03. The van der Waals surface area contributed by atoms with Crippen LogP contribution in [0.15, 0.2) is 23.1 Å². The Morgan fingerprint density at radius 3 is 2.83 bits per heavy atom. The minimum Gasteiger partial charge on any atom is -0.237 e. The molecule has 1 atom stereocenters. The van der Waals surface area contributed by atoms with Gasteiger partial charge in [0.15, 0.2) is 0 Å². The van der Waals surface area contributed by atoms with E-state index in [4.69, 9.17) is 11.6 Å². The zero-order valence-electron chi connectivity index (χ0n) is 6.30. The van der Waals surface area contributed by atoms with Crippen molar-refractivity contribution in [2.45, 2.75) is 4.90 Å². The summed E-state index contributed by atoms with van der Waals surface area (Å²) in [7, 11) is 0.0771. The normalized spacial score (nSPS) is 12.9. The van der Waals surface area contributed by atoms with Crippen LogP contribution < -0.4 is 4.72 Å². The monoisotopic (exact) mass is 207 g/mol. The molecule has 0 saturated heterocycles. The van der Waals surface area contributed by atoms with Gasteiger partial charge in [-0.25, -0.2) is 13.3 Å². The lowest BCUT2D eigenvalue weighted by molar-refractivity contribution is 0.622. The highest BCUT2D eigenvalue weighted by Gasteiger charge is 2.07. The van der Waals surface area contributed by atoms with E-state index in [-0.39, 0.29) is 4.90 Å². The zero-order valence-corrected chi connectivity index (χ0v) is 7.88. The molecule has 1 rings (SSSR count). The first-order chi connectivity index (χ1) is 5.65. The van der Waals surface area contributed by atoms with Crippen molar-refractivity contribution >= 4 is 22.6 Å². The Labute approximate surface area is 77.3 Å². The van der Waals surface area contributed by atoms with Crippen LogP contribution in [0.5, 0.6) is 0 Å². The minimum absolute atomic E-state index is 0.263. The summed E-state index contributed by atoms with van der Waals surface area (Å²) in [6.45, 7) is 0. The molecule has 0 aromatic heterocycles. The van der Waals surface area contributed by atoms with Gasteiger partial charge in [-0.15, -0.1) is 0 Å². The molecule has 0 fully saturated rings. The second-order valence-electron chi connectivity index (χ2n) is 2.05.